The van der Waals surface area contributed by atoms with E-state index in [0.29, 0.717) is 17.0 Å². The molecule has 9 heteroatoms. The maximum absolute atomic E-state index is 6.46. The summed E-state index contributed by atoms with van der Waals surface area (Å²) in [6.07, 6.45) is 10.3. The number of hydrogen-bond acceptors (Lipinski definition) is 6. The molecule has 2 fully saturated rings. The van der Waals surface area contributed by atoms with Crippen molar-refractivity contribution in [2.45, 2.75) is 31.7 Å². The van der Waals surface area contributed by atoms with E-state index in [1.54, 1.807) is 12.4 Å². The number of anilines is 1. The largest absolute Gasteiger partial charge is 0.350 e. The molecule has 0 radical (unpaired) electrons. The highest BCUT2D eigenvalue weighted by Crippen LogP contribution is 2.32. The number of rotatable bonds is 5. The third-order valence-electron chi connectivity index (χ3n) is 6.26. The Morgan fingerprint density at radius 3 is 2.94 bits per heavy atom. The van der Waals surface area contributed by atoms with Crippen LogP contribution in [0.3, 0.4) is 0 Å². The summed E-state index contributed by atoms with van der Waals surface area (Å²) in [5.74, 6) is 1.46. The fraction of sp³-hybridized carbons (Fsp3) is 0.500. The average Bonchev–Trinajstić information content (AvgIpc) is 3.20. The highest BCUT2D eigenvalue weighted by molar-refractivity contribution is 6.33. The van der Waals surface area contributed by atoms with Crippen LogP contribution in [-0.2, 0) is 0 Å². The molecule has 31 heavy (non-hydrogen) atoms. The molecule has 2 aliphatic rings. The predicted molar refractivity (Wildman–Crippen MR) is 128 cm³/mol. The molecule has 1 atom stereocenters. The van der Waals surface area contributed by atoms with E-state index in [0.717, 1.165) is 54.3 Å². The van der Waals surface area contributed by atoms with Crippen LogP contribution >= 0.6 is 24.0 Å². The van der Waals surface area contributed by atoms with Crippen LogP contribution in [0.4, 0.5) is 5.95 Å². The van der Waals surface area contributed by atoms with Gasteiger partial charge in [-0.3, -0.25) is 0 Å². The Labute approximate surface area is 193 Å². The Hall–Kier alpha value is -1.93. The van der Waals surface area contributed by atoms with Gasteiger partial charge in [-0.2, -0.15) is 0 Å². The van der Waals surface area contributed by atoms with E-state index in [4.69, 9.17) is 16.6 Å². The molecule has 0 spiro atoms. The number of fused-ring (bicyclic) bond motifs is 1. The van der Waals surface area contributed by atoms with E-state index in [9.17, 15) is 0 Å². The van der Waals surface area contributed by atoms with Crippen LogP contribution < -0.4 is 10.6 Å². The number of halogens is 2. The lowest BCUT2D eigenvalue weighted by molar-refractivity contribution is 0.169. The fourth-order valence-corrected chi connectivity index (χ4v) is 4.92. The van der Waals surface area contributed by atoms with E-state index < -0.39 is 0 Å². The molecule has 5 heterocycles. The van der Waals surface area contributed by atoms with Crippen molar-refractivity contribution >= 4 is 41.0 Å². The third kappa shape index (κ3) is 5.12. The second-order valence-electron chi connectivity index (χ2n) is 8.43. The molecule has 0 unspecified atom stereocenters. The summed E-state index contributed by atoms with van der Waals surface area (Å²) in [7, 11) is 0. The van der Waals surface area contributed by atoms with Crippen LogP contribution in [0.1, 0.15) is 25.7 Å². The predicted octanol–water partition coefficient (Wildman–Crippen LogP) is 3.97. The molecule has 0 saturated carbocycles. The van der Waals surface area contributed by atoms with Crippen molar-refractivity contribution in [3.8, 4) is 11.3 Å². The van der Waals surface area contributed by atoms with Gasteiger partial charge in [-0.15, -0.1) is 12.4 Å². The quantitative estimate of drug-likeness (QED) is 0.533. The summed E-state index contributed by atoms with van der Waals surface area (Å²) < 4.78 is 0. The van der Waals surface area contributed by atoms with E-state index in [-0.39, 0.29) is 12.4 Å². The monoisotopic (exact) mass is 461 g/mol. The third-order valence-corrected chi connectivity index (χ3v) is 6.54. The van der Waals surface area contributed by atoms with Gasteiger partial charge in [0, 0.05) is 42.5 Å². The summed E-state index contributed by atoms with van der Waals surface area (Å²) in [5, 5.41) is 8.58. The molecule has 0 bridgehead atoms. The first-order chi connectivity index (χ1) is 14.8. The summed E-state index contributed by atoms with van der Waals surface area (Å²) in [5.41, 5.74) is 2.51. The Kier molecular flexibility index (Phi) is 7.27. The first-order valence-corrected chi connectivity index (χ1v) is 11.3. The zero-order chi connectivity index (χ0) is 20.3. The van der Waals surface area contributed by atoms with Gasteiger partial charge >= 0.3 is 0 Å². The van der Waals surface area contributed by atoms with Crippen LogP contribution in [0.15, 0.2) is 30.7 Å². The van der Waals surface area contributed by atoms with Crippen molar-refractivity contribution in [2.75, 3.05) is 38.0 Å². The molecule has 3 aromatic heterocycles. The van der Waals surface area contributed by atoms with Crippen molar-refractivity contribution in [1.29, 1.82) is 0 Å². The minimum atomic E-state index is 0. The number of aromatic amines is 1. The molecule has 0 aromatic carbocycles. The summed E-state index contributed by atoms with van der Waals surface area (Å²) in [4.78, 5) is 19.4. The molecule has 0 amide bonds. The highest BCUT2D eigenvalue weighted by Gasteiger charge is 2.24. The summed E-state index contributed by atoms with van der Waals surface area (Å²) in [6.45, 7) is 5.75. The highest BCUT2D eigenvalue weighted by atomic mass is 35.5. The summed E-state index contributed by atoms with van der Waals surface area (Å²) >= 11 is 6.46. The maximum Gasteiger partial charge on any atom is 0.223 e. The van der Waals surface area contributed by atoms with Crippen LogP contribution in [0, 0.1) is 5.92 Å². The Balaban J connectivity index is 0.00000231. The number of nitrogens with one attached hydrogen (secondary N) is 3. The smallest absolute Gasteiger partial charge is 0.223 e. The van der Waals surface area contributed by atoms with Crippen molar-refractivity contribution in [2.24, 2.45) is 5.92 Å². The lowest BCUT2D eigenvalue weighted by atomic mass is 9.96. The fourth-order valence-electron chi connectivity index (χ4n) is 4.73. The molecule has 3 aromatic rings. The number of piperidine rings is 2. The molecular formula is C22H29Cl2N7. The molecule has 7 nitrogen and oxygen atoms in total. The topological polar surface area (TPSA) is 81.8 Å². The maximum atomic E-state index is 6.46. The SMILES string of the molecule is Cl.Clc1cnc(N[C@@H]2CCCN(CC3CCNCC3)C2)nc1-c1c[nH]c2ncccc12. The van der Waals surface area contributed by atoms with Gasteiger partial charge in [-0.25, -0.2) is 15.0 Å². The number of likely N-dealkylation sites (tertiary alicyclic amines) is 1. The van der Waals surface area contributed by atoms with Crippen molar-refractivity contribution in [3.63, 3.8) is 0 Å². The van der Waals surface area contributed by atoms with Gasteiger partial charge in [0.1, 0.15) is 5.65 Å². The van der Waals surface area contributed by atoms with Crippen LogP contribution in [0.5, 0.6) is 0 Å². The first kappa shape index (κ1) is 22.3. The Morgan fingerprint density at radius 1 is 1.19 bits per heavy atom. The van der Waals surface area contributed by atoms with Gasteiger partial charge < -0.3 is 20.5 Å². The number of nitrogens with zero attached hydrogens (tertiary/aromatic N) is 4. The Bertz CT molecular complexity index is 1000. The number of H-pyrrole nitrogens is 1. The minimum Gasteiger partial charge on any atom is -0.350 e. The first-order valence-electron chi connectivity index (χ1n) is 10.9. The van der Waals surface area contributed by atoms with E-state index in [2.05, 4.69) is 30.5 Å². The molecule has 3 N–H and O–H groups in total. The molecular weight excluding hydrogens is 433 g/mol. The summed E-state index contributed by atoms with van der Waals surface area (Å²) in [6, 6.07) is 4.31. The van der Waals surface area contributed by atoms with Gasteiger partial charge in [0.05, 0.1) is 16.9 Å². The lowest BCUT2D eigenvalue weighted by Gasteiger charge is -2.36. The van der Waals surface area contributed by atoms with Crippen LogP contribution in [-0.4, -0.2) is 63.6 Å². The van der Waals surface area contributed by atoms with Crippen LogP contribution in [0.2, 0.25) is 5.02 Å². The van der Waals surface area contributed by atoms with Gasteiger partial charge in [-0.05, 0) is 63.4 Å². The van der Waals surface area contributed by atoms with Crippen molar-refractivity contribution in [3.05, 3.63) is 35.7 Å². The molecule has 2 aliphatic heterocycles. The normalized spacial score (nSPS) is 20.5. The van der Waals surface area contributed by atoms with Crippen molar-refractivity contribution < 1.29 is 0 Å². The Morgan fingerprint density at radius 2 is 2.06 bits per heavy atom. The van der Waals surface area contributed by atoms with E-state index in [1.165, 1.54) is 32.4 Å². The zero-order valence-corrected chi connectivity index (χ0v) is 19.1. The van der Waals surface area contributed by atoms with E-state index >= 15 is 0 Å². The average molecular weight is 462 g/mol. The molecule has 0 aliphatic carbocycles. The zero-order valence-electron chi connectivity index (χ0n) is 17.5. The standard InChI is InChI=1S/C22H28ClN7.ClH/c23-19-12-27-22(29-20(19)18-11-26-21-17(18)4-1-7-25-21)28-16-3-2-10-30(14-16)13-15-5-8-24-9-6-15;/h1,4,7,11-12,15-16,24H,2-3,5-6,8-10,13-14H2,(H,25,26)(H,27,28,29);1H/t16-;/m1./s1. The molecule has 166 valence electrons. The lowest BCUT2D eigenvalue weighted by Crippen LogP contribution is -2.45. The van der Waals surface area contributed by atoms with Gasteiger partial charge in [0.2, 0.25) is 5.95 Å². The second-order valence-corrected chi connectivity index (χ2v) is 8.84. The van der Waals surface area contributed by atoms with Crippen LogP contribution in [0.25, 0.3) is 22.3 Å². The number of hydrogen-bond donors (Lipinski definition) is 3. The van der Waals surface area contributed by atoms with Gasteiger partial charge in [0.25, 0.3) is 0 Å². The van der Waals surface area contributed by atoms with E-state index in [1.807, 2.05) is 18.3 Å². The van der Waals surface area contributed by atoms with Gasteiger partial charge in [-0.1, -0.05) is 11.6 Å². The number of pyridine rings is 1. The minimum absolute atomic E-state index is 0. The van der Waals surface area contributed by atoms with Crippen molar-refractivity contribution in [1.82, 2.24) is 30.2 Å². The molecule has 2 saturated heterocycles. The molecule has 5 rings (SSSR count). The van der Waals surface area contributed by atoms with Gasteiger partial charge in [0.15, 0.2) is 0 Å². The second kappa shape index (κ2) is 10.1. The number of aromatic nitrogens is 4.